The Morgan fingerprint density at radius 1 is 1.10 bits per heavy atom. The molecule has 9 heteroatoms. The fraction of sp³-hybridized carbons (Fsp3) is 0.364. The second-order valence-corrected chi connectivity index (χ2v) is 7.46. The van der Waals surface area contributed by atoms with Crippen LogP contribution in [0.1, 0.15) is 22.8 Å². The molecule has 1 fully saturated rings. The number of hydrogen-bond acceptors (Lipinski definition) is 6. The molecule has 2 aromatic rings. The molecule has 0 radical (unpaired) electrons. The maximum absolute atomic E-state index is 12.2. The number of rotatable bonds is 7. The van der Waals surface area contributed by atoms with Gasteiger partial charge >= 0.3 is 0 Å². The largest absolute Gasteiger partial charge is 0.369 e. The van der Waals surface area contributed by atoms with Gasteiger partial charge in [-0.05, 0) is 43.3 Å². The van der Waals surface area contributed by atoms with Crippen molar-refractivity contribution < 1.29 is 14.5 Å². The minimum atomic E-state index is -0.570. The number of hydrogen-bond donors (Lipinski definition) is 2. The van der Waals surface area contributed by atoms with E-state index in [1.165, 1.54) is 24.3 Å². The van der Waals surface area contributed by atoms with E-state index in [9.17, 15) is 19.7 Å². The Kier molecular flexibility index (Phi) is 7.19. The van der Waals surface area contributed by atoms with Crippen molar-refractivity contribution in [2.75, 3.05) is 49.5 Å². The van der Waals surface area contributed by atoms with E-state index in [0.717, 1.165) is 44.0 Å². The van der Waals surface area contributed by atoms with Crippen LogP contribution in [0.3, 0.4) is 0 Å². The molecule has 1 aliphatic rings. The van der Waals surface area contributed by atoms with Crippen LogP contribution in [0.15, 0.2) is 42.5 Å². The van der Waals surface area contributed by atoms with Crippen LogP contribution >= 0.6 is 0 Å². The third-order valence-electron chi connectivity index (χ3n) is 5.37. The van der Waals surface area contributed by atoms with Crippen LogP contribution in [-0.2, 0) is 4.79 Å². The van der Waals surface area contributed by atoms with Crippen LogP contribution in [0.25, 0.3) is 0 Å². The lowest BCUT2D eigenvalue weighted by molar-refractivity contribution is -0.384. The van der Waals surface area contributed by atoms with E-state index in [1.807, 2.05) is 25.1 Å². The van der Waals surface area contributed by atoms with Gasteiger partial charge in [-0.3, -0.25) is 19.7 Å². The fourth-order valence-corrected chi connectivity index (χ4v) is 3.62. The van der Waals surface area contributed by atoms with Gasteiger partial charge in [0.25, 0.3) is 11.6 Å². The molecule has 1 heterocycles. The highest BCUT2D eigenvalue weighted by atomic mass is 16.6. The van der Waals surface area contributed by atoms with Crippen molar-refractivity contribution in [3.8, 4) is 0 Å². The highest BCUT2D eigenvalue weighted by Crippen LogP contribution is 2.24. The van der Waals surface area contributed by atoms with Crippen molar-refractivity contribution in [3.05, 3.63) is 63.7 Å². The standard InChI is InChI=1S/C22H27N5O4/c1-3-25-9-11-26(12-10-25)20-8-7-18(13-16(20)2)24-21(28)15-23-22(29)17-5-4-6-19(14-17)27(30)31/h4-8,13-14H,3,9-12,15H2,1-2H3,(H,23,29)(H,24,28). The molecule has 0 atom stereocenters. The minimum Gasteiger partial charge on any atom is -0.369 e. The summed E-state index contributed by atoms with van der Waals surface area (Å²) in [6.45, 7) is 9.05. The Balaban J connectivity index is 1.53. The number of amides is 2. The molecular weight excluding hydrogens is 398 g/mol. The Morgan fingerprint density at radius 3 is 2.48 bits per heavy atom. The first kappa shape index (κ1) is 22.2. The number of nitrogens with zero attached hydrogens (tertiary/aromatic N) is 3. The SMILES string of the molecule is CCN1CCN(c2ccc(NC(=O)CNC(=O)c3cccc([N+](=O)[O-])c3)cc2C)CC1. The molecule has 2 N–H and O–H groups in total. The molecule has 0 bridgehead atoms. The molecule has 0 aliphatic carbocycles. The second kappa shape index (κ2) is 10.0. The number of nitro groups is 1. The quantitative estimate of drug-likeness (QED) is 0.521. The molecule has 0 aromatic heterocycles. The Morgan fingerprint density at radius 2 is 1.84 bits per heavy atom. The summed E-state index contributed by atoms with van der Waals surface area (Å²) < 4.78 is 0. The molecule has 164 valence electrons. The van der Waals surface area contributed by atoms with Crippen molar-refractivity contribution in [2.24, 2.45) is 0 Å². The maximum Gasteiger partial charge on any atom is 0.270 e. The number of piperazine rings is 1. The van der Waals surface area contributed by atoms with Gasteiger partial charge in [-0.25, -0.2) is 0 Å². The molecule has 0 spiro atoms. The van der Waals surface area contributed by atoms with Gasteiger partial charge in [-0.15, -0.1) is 0 Å². The van der Waals surface area contributed by atoms with Gasteiger partial charge in [0.2, 0.25) is 5.91 Å². The first-order valence-electron chi connectivity index (χ1n) is 10.3. The van der Waals surface area contributed by atoms with Gasteiger partial charge in [-0.2, -0.15) is 0 Å². The maximum atomic E-state index is 12.2. The summed E-state index contributed by atoms with van der Waals surface area (Å²) in [5, 5.41) is 16.1. The summed E-state index contributed by atoms with van der Waals surface area (Å²) in [6, 6.07) is 11.2. The molecule has 1 saturated heterocycles. The lowest BCUT2D eigenvalue weighted by Gasteiger charge is -2.36. The summed E-state index contributed by atoms with van der Waals surface area (Å²) in [5.74, 6) is -0.918. The summed E-state index contributed by atoms with van der Waals surface area (Å²) in [5.41, 5.74) is 2.84. The number of aryl methyl sites for hydroxylation is 1. The van der Waals surface area contributed by atoms with Crippen molar-refractivity contribution in [1.82, 2.24) is 10.2 Å². The number of nitro benzene ring substituents is 1. The van der Waals surface area contributed by atoms with Crippen molar-refractivity contribution >= 4 is 28.9 Å². The monoisotopic (exact) mass is 425 g/mol. The molecule has 0 saturated carbocycles. The van der Waals surface area contributed by atoms with Crippen LogP contribution in [0.4, 0.5) is 17.1 Å². The molecule has 9 nitrogen and oxygen atoms in total. The lowest BCUT2D eigenvalue weighted by Crippen LogP contribution is -2.46. The number of nitrogens with one attached hydrogen (secondary N) is 2. The average Bonchev–Trinajstić information content (AvgIpc) is 2.78. The van der Waals surface area contributed by atoms with Crippen LogP contribution in [0.2, 0.25) is 0 Å². The van der Waals surface area contributed by atoms with E-state index in [2.05, 4.69) is 27.4 Å². The predicted octanol–water partition coefficient (Wildman–Crippen LogP) is 2.41. The van der Waals surface area contributed by atoms with E-state index in [1.54, 1.807) is 0 Å². The normalized spacial score (nSPS) is 14.2. The first-order valence-corrected chi connectivity index (χ1v) is 10.3. The third kappa shape index (κ3) is 5.79. The predicted molar refractivity (Wildman–Crippen MR) is 120 cm³/mol. The second-order valence-electron chi connectivity index (χ2n) is 7.46. The van der Waals surface area contributed by atoms with E-state index >= 15 is 0 Å². The fourth-order valence-electron chi connectivity index (χ4n) is 3.62. The van der Waals surface area contributed by atoms with Crippen molar-refractivity contribution in [2.45, 2.75) is 13.8 Å². The van der Waals surface area contributed by atoms with Crippen molar-refractivity contribution in [1.29, 1.82) is 0 Å². The average molecular weight is 425 g/mol. The van der Waals surface area contributed by atoms with Gasteiger partial charge < -0.3 is 20.4 Å². The van der Waals surface area contributed by atoms with Crippen LogP contribution in [0.5, 0.6) is 0 Å². The topological polar surface area (TPSA) is 108 Å². The summed E-state index contributed by atoms with van der Waals surface area (Å²) in [7, 11) is 0. The molecule has 1 aliphatic heterocycles. The number of carbonyl (C=O) groups is 2. The highest BCUT2D eigenvalue weighted by Gasteiger charge is 2.18. The summed E-state index contributed by atoms with van der Waals surface area (Å²) in [4.78, 5) is 39.4. The van der Waals surface area contributed by atoms with E-state index in [0.29, 0.717) is 5.69 Å². The van der Waals surface area contributed by atoms with Gasteiger partial charge in [0.05, 0.1) is 11.5 Å². The van der Waals surface area contributed by atoms with Gasteiger partial charge in [0.1, 0.15) is 0 Å². The number of anilines is 2. The van der Waals surface area contributed by atoms with Crippen LogP contribution in [-0.4, -0.2) is 60.9 Å². The molecule has 0 unspecified atom stereocenters. The number of carbonyl (C=O) groups excluding carboxylic acids is 2. The number of non-ortho nitro benzene ring substituents is 1. The minimum absolute atomic E-state index is 0.130. The molecule has 3 rings (SSSR count). The number of benzene rings is 2. The van der Waals surface area contributed by atoms with Gasteiger partial charge in [0, 0.05) is 55.2 Å². The third-order valence-corrected chi connectivity index (χ3v) is 5.37. The first-order chi connectivity index (χ1) is 14.9. The summed E-state index contributed by atoms with van der Waals surface area (Å²) in [6.07, 6.45) is 0. The zero-order valence-corrected chi connectivity index (χ0v) is 17.8. The highest BCUT2D eigenvalue weighted by molar-refractivity contribution is 5.99. The summed E-state index contributed by atoms with van der Waals surface area (Å²) >= 11 is 0. The Bertz CT molecular complexity index is 970. The smallest absolute Gasteiger partial charge is 0.270 e. The molecular formula is C22H27N5O4. The van der Waals surface area contributed by atoms with E-state index < -0.39 is 10.8 Å². The van der Waals surface area contributed by atoms with Crippen LogP contribution in [0, 0.1) is 17.0 Å². The molecule has 31 heavy (non-hydrogen) atoms. The zero-order valence-electron chi connectivity index (χ0n) is 17.8. The van der Waals surface area contributed by atoms with E-state index in [-0.39, 0.29) is 23.7 Å². The lowest BCUT2D eigenvalue weighted by atomic mass is 10.1. The van der Waals surface area contributed by atoms with Crippen LogP contribution < -0.4 is 15.5 Å². The zero-order chi connectivity index (χ0) is 22.4. The Labute approximate surface area is 181 Å². The van der Waals surface area contributed by atoms with Gasteiger partial charge in [-0.1, -0.05) is 13.0 Å². The Hall–Kier alpha value is -3.46. The number of likely N-dealkylation sites (N-methyl/N-ethyl adjacent to an activating group) is 1. The van der Waals surface area contributed by atoms with E-state index in [4.69, 9.17) is 0 Å². The molecule has 2 amide bonds. The molecule has 2 aromatic carbocycles. The van der Waals surface area contributed by atoms with Gasteiger partial charge in [0.15, 0.2) is 0 Å². The van der Waals surface area contributed by atoms with Crippen molar-refractivity contribution in [3.63, 3.8) is 0 Å².